The molecule has 0 saturated heterocycles. The van der Waals surface area contributed by atoms with Crippen LogP contribution < -0.4 is 10.1 Å². The third kappa shape index (κ3) is 3.49. The largest absolute Gasteiger partial charge is 0.472 e. The molecule has 0 aliphatic carbocycles. The minimum atomic E-state index is -0.433. The molecule has 3 aromatic heterocycles. The zero-order valence-electron chi connectivity index (χ0n) is 14.2. The molecule has 0 atom stereocenters. The highest BCUT2D eigenvalue weighted by molar-refractivity contribution is 7.15. The molecule has 9 heteroatoms. The molecule has 7 nitrogen and oxygen atoms in total. The number of aryl methyl sites for hydroxylation is 1. The fourth-order valence-electron chi connectivity index (χ4n) is 2.63. The molecular weight excluding hydrogens is 369 g/mol. The second-order valence-corrected chi connectivity index (χ2v) is 6.57. The summed E-state index contributed by atoms with van der Waals surface area (Å²) in [5.74, 6) is -0.454. The van der Waals surface area contributed by atoms with Crippen molar-refractivity contribution in [1.29, 1.82) is 0 Å². The number of thiazole rings is 1. The van der Waals surface area contributed by atoms with Crippen LogP contribution in [0.4, 0.5) is 10.1 Å². The van der Waals surface area contributed by atoms with Gasteiger partial charge in [0, 0.05) is 35.2 Å². The number of ether oxygens (including phenoxy) is 1. The first-order chi connectivity index (χ1) is 13.1. The zero-order valence-corrected chi connectivity index (χ0v) is 15.0. The Hall–Kier alpha value is -3.33. The molecule has 0 spiro atoms. The summed E-state index contributed by atoms with van der Waals surface area (Å²) >= 11 is 1.45. The highest BCUT2D eigenvalue weighted by atomic mass is 32.1. The summed E-state index contributed by atoms with van der Waals surface area (Å²) in [5.41, 5.74) is 1.84. The molecule has 0 aliphatic rings. The van der Waals surface area contributed by atoms with Gasteiger partial charge in [-0.1, -0.05) is 0 Å². The molecule has 27 heavy (non-hydrogen) atoms. The molecule has 0 aliphatic heterocycles. The molecule has 1 N–H and O–H groups in total. The van der Waals surface area contributed by atoms with Crippen molar-refractivity contribution >= 4 is 27.9 Å². The van der Waals surface area contributed by atoms with Crippen molar-refractivity contribution in [2.75, 3.05) is 5.32 Å². The first-order valence-corrected chi connectivity index (χ1v) is 8.90. The van der Waals surface area contributed by atoms with Crippen LogP contribution in [0.25, 0.3) is 4.96 Å². The average Bonchev–Trinajstić information content (AvgIpc) is 3.22. The minimum Gasteiger partial charge on any atom is -0.472 e. The van der Waals surface area contributed by atoms with Gasteiger partial charge in [-0.15, -0.1) is 11.3 Å². The lowest BCUT2D eigenvalue weighted by molar-refractivity contribution is 0.102. The Bertz CT molecular complexity index is 1110. The molecule has 136 valence electrons. The Labute approximate surface area is 157 Å². The molecule has 0 fully saturated rings. The normalized spacial score (nSPS) is 10.9. The second-order valence-electron chi connectivity index (χ2n) is 5.69. The van der Waals surface area contributed by atoms with Gasteiger partial charge in [-0.3, -0.25) is 14.2 Å². The van der Waals surface area contributed by atoms with Gasteiger partial charge in [0.2, 0.25) is 5.88 Å². The van der Waals surface area contributed by atoms with E-state index in [0.717, 1.165) is 4.96 Å². The SMILES string of the molecule is Cc1nc2sccn2c1C(=O)Nc1ccc(F)c(COc2cnccn2)c1. The quantitative estimate of drug-likeness (QED) is 0.571. The van der Waals surface area contributed by atoms with Crippen LogP contribution in [0.15, 0.2) is 48.4 Å². The van der Waals surface area contributed by atoms with Crippen molar-refractivity contribution in [3.05, 3.63) is 71.1 Å². The summed E-state index contributed by atoms with van der Waals surface area (Å²) in [5, 5.41) is 4.65. The molecule has 4 rings (SSSR count). The van der Waals surface area contributed by atoms with Gasteiger partial charge in [0.15, 0.2) is 4.96 Å². The number of anilines is 1. The van der Waals surface area contributed by atoms with E-state index in [1.807, 2.05) is 5.38 Å². The molecule has 0 bridgehead atoms. The van der Waals surface area contributed by atoms with Crippen LogP contribution in [0.1, 0.15) is 21.7 Å². The zero-order chi connectivity index (χ0) is 18.8. The number of nitrogens with zero attached hydrogens (tertiary/aromatic N) is 4. The van der Waals surface area contributed by atoms with E-state index in [2.05, 4.69) is 20.3 Å². The van der Waals surface area contributed by atoms with E-state index >= 15 is 0 Å². The predicted molar refractivity (Wildman–Crippen MR) is 98.5 cm³/mol. The van der Waals surface area contributed by atoms with Crippen LogP contribution in [0.5, 0.6) is 5.88 Å². The topological polar surface area (TPSA) is 81.4 Å². The van der Waals surface area contributed by atoms with Gasteiger partial charge in [0.1, 0.15) is 18.1 Å². The molecule has 1 amide bonds. The maximum atomic E-state index is 14.1. The number of nitrogens with one attached hydrogen (secondary N) is 1. The Morgan fingerprint density at radius 3 is 3.07 bits per heavy atom. The number of hydrogen-bond donors (Lipinski definition) is 1. The lowest BCUT2D eigenvalue weighted by Gasteiger charge is -2.10. The van der Waals surface area contributed by atoms with Crippen molar-refractivity contribution < 1.29 is 13.9 Å². The second kappa shape index (κ2) is 7.12. The molecule has 0 saturated carbocycles. The van der Waals surface area contributed by atoms with Crippen molar-refractivity contribution in [2.45, 2.75) is 13.5 Å². The number of halogens is 1. The third-order valence-electron chi connectivity index (χ3n) is 3.87. The van der Waals surface area contributed by atoms with Crippen LogP contribution in [-0.2, 0) is 6.61 Å². The first-order valence-electron chi connectivity index (χ1n) is 8.02. The molecular formula is C18H14FN5O2S. The van der Waals surface area contributed by atoms with Gasteiger partial charge in [-0.25, -0.2) is 14.4 Å². The number of carbonyl (C=O) groups is 1. The van der Waals surface area contributed by atoms with Gasteiger partial charge in [-0.2, -0.15) is 0 Å². The third-order valence-corrected chi connectivity index (χ3v) is 4.63. The molecule has 3 heterocycles. The maximum Gasteiger partial charge on any atom is 0.274 e. The molecule has 0 radical (unpaired) electrons. The summed E-state index contributed by atoms with van der Waals surface area (Å²) < 4.78 is 21.2. The Kier molecular flexibility index (Phi) is 4.51. The first kappa shape index (κ1) is 17.1. The standard InChI is InChI=1S/C18H14FN5O2S/c1-11-16(24-6-7-27-18(24)22-11)17(25)23-13-2-3-14(19)12(8-13)10-26-15-9-20-4-5-21-15/h2-9H,10H2,1H3,(H,23,25). The highest BCUT2D eigenvalue weighted by Crippen LogP contribution is 2.20. The van der Waals surface area contributed by atoms with E-state index in [9.17, 15) is 9.18 Å². The minimum absolute atomic E-state index is 0.0330. The van der Waals surface area contributed by atoms with Crippen molar-refractivity contribution in [3.8, 4) is 5.88 Å². The average molecular weight is 383 g/mol. The predicted octanol–water partition coefficient (Wildman–Crippen LogP) is 3.46. The fraction of sp³-hybridized carbons (Fsp3) is 0.111. The Morgan fingerprint density at radius 2 is 2.26 bits per heavy atom. The van der Waals surface area contributed by atoms with E-state index in [-0.39, 0.29) is 12.5 Å². The van der Waals surface area contributed by atoms with E-state index < -0.39 is 5.82 Å². The summed E-state index contributed by atoms with van der Waals surface area (Å²) in [6.07, 6.45) is 6.24. The monoisotopic (exact) mass is 383 g/mol. The van der Waals surface area contributed by atoms with Gasteiger partial charge in [0.25, 0.3) is 5.91 Å². The summed E-state index contributed by atoms with van der Waals surface area (Å²) in [4.78, 5) is 25.6. The fourth-order valence-corrected chi connectivity index (χ4v) is 3.39. The number of hydrogen-bond acceptors (Lipinski definition) is 6. The van der Waals surface area contributed by atoms with Crippen LogP contribution in [0, 0.1) is 12.7 Å². The number of rotatable bonds is 5. The lowest BCUT2D eigenvalue weighted by Crippen LogP contribution is -2.15. The number of fused-ring (bicyclic) bond motifs is 1. The van der Waals surface area contributed by atoms with Gasteiger partial charge in [-0.05, 0) is 25.1 Å². The number of amides is 1. The summed E-state index contributed by atoms with van der Waals surface area (Å²) in [6.45, 7) is 1.74. The van der Waals surface area contributed by atoms with E-state index in [0.29, 0.717) is 28.5 Å². The number of imidazole rings is 1. The highest BCUT2D eigenvalue weighted by Gasteiger charge is 2.18. The summed E-state index contributed by atoms with van der Waals surface area (Å²) in [7, 11) is 0. The van der Waals surface area contributed by atoms with Crippen LogP contribution in [-0.4, -0.2) is 25.3 Å². The lowest BCUT2D eigenvalue weighted by atomic mass is 10.2. The van der Waals surface area contributed by atoms with Gasteiger partial charge >= 0.3 is 0 Å². The number of benzene rings is 1. The van der Waals surface area contributed by atoms with Crippen molar-refractivity contribution in [2.24, 2.45) is 0 Å². The molecule has 0 unspecified atom stereocenters. The van der Waals surface area contributed by atoms with E-state index in [1.54, 1.807) is 17.5 Å². The summed E-state index contributed by atoms with van der Waals surface area (Å²) in [6, 6.07) is 4.32. The van der Waals surface area contributed by atoms with E-state index in [1.165, 1.54) is 48.1 Å². The van der Waals surface area contributed by atoms with Gasteiger partial charge < -0.3 is 10.1 Å². The smallest absolute Gasteiger partial charge is 0.274 e. The van der Waals surface area contributed by atoms with Crippen LogP contribution in [0.2, 0.25) is 0 Å². The van der Waals surface area contributed by atoms with Crippen molar-refractivity contribution in [1.82, 2.24) is 19.4 Å². The Balaban J connectivity index is 1.53. The van der Waals surface area contributed by atoms with Crippen LogP contribution >= 0.6 is 11.3 Å². The Morgan fingerprint density at radius 1 is 1.37 bits per heavy atom. The molecule has 4 aromatic rings. The van der Waals surface area contributed by atoms with Crippen LogP contribution in [0.3, 0.4) is 0 Å². The number of carbonyl (C=O) groups excluding carboxylic acids is 1. The molecule has 1 aromatic carbocycles. The number of aromatic nitrogens is 4. The maximum absolute atomic E-state index is 14.1. The van der Waals surface area contributed by atoms with E-state index in [4.69, 9.17) is 4.74 Å². The van der Waals surface area contributed by atoms with Gasteiger partial charge in [0.05, 0.1) is 11.9 Å². The van der Waals surface area contributed by atoms with Crippen molar-refractivity contribution in [3.63, 3.8) is 0 Å².